The normalized spacial score (nSPS) is 13.8. The van der Waals surface area contributed by atoms with Crippen molar-refractivity contribution in [1.82, 2.24) is 20.2 Å². The van der Waals surface area contributed by atoms with Gasteiger partial charge in [0.2, 0.25) is 5.91 Å². The Morgan fingerprint density at radius 1 is 1.00 bits per heavy atom. The first kappa shape index (κ1) is 30.6. The zero-order chi connectivity index (χ0) is 24.9. The molecule has 0 spiro atoms. The van der Waals surface area contributed by atoms with Gasteiger partial charge in [0.1, 0.15) is 6.54 Å². The second-order valence-electron chi connectivity index (χ2n) is 9.28. The molecule has 0 unspecified atom stereocenters. The van der Waals surface area contributed by atoms with Crippen LogP contribution in [-0.4, -0.2) is 72.3 Å². The zero-order valence-electron chi connectivity index (χ0n) is 21.7. The van der Waals surface area contributed by atoms with Crippen molar-refractivity contribution in [3.63, 3.8) is 0 Å². The van der Waals surface area contributed by atoms with Gasteiger partial charge in [-0.15, -0.1) is 24.8 Å². The summed E-state index contributed by atoms with van der Waals surface area (Å²) < 4.78 is 0. The van der Waals surface area contributed by atoms with Crippen molar-refractivity contribution in [2.45, 2.75) is 39.8 Å². The number of anilines is 1. The van der Waals surface area contributed by atoms with Crippen LogP contribution >= 0.6 is 24.8 Å². The molecule has 8 nitrogen and oxygen atoms in total. The summed E-state index contributed by atoms with van der Waals surface area (Å²) in [6, 6.07) is 12.1. The lowest BCUT2D eigenvalue weighted by atomic mass is 10.0. The van der Waals surface area contributed by atoms with E-state index >= 15 is 0 Å². The van der Waals surface area contributed by atoms with Crippen LogP contribution in [0.3, 0.4) is 0 Å². The maximum atomic E-state index is 13.2. The van der Waals surface area contributed by atoms with Crippen molar-refractivity contribution >= 4 is 48.1 Å². The molecule has 0 aromatic heterocycles. The molecule has 10 heteroatoms. The molecule has 0 radical (unpaired) electrons. The second kappa shape index (κ2) is 13.8. The molecule has 2 aromatic rings. The van der Waals surface area contributed by atoms with Gasteiger partial charge < -0.3 is 15.5 Å². The Balaban J connectivity index is 0.00000241. The van der Waals surface area contributed by atoms with Crippen LogP contribution in [0.15, 0.2) is 36.4 Å². The van der Waals surface area contributed by atoms with Crippen LogP contribution in [0.25, 0.3) is 0 Å². The number of ketones is 1. The average Bonchev–Trinajstić information content (AvgIpc) is 3.44. The molecule has 2 amide bonds. The highest BCUT2D eigenvalue weighted by Crippen LogP contribution is 2.28. The summed E-state index contributed by atoms with van der Waals surface area (Å²) in [5.74, 6) is -0.123. The quantitative estimate of drug-likeness (QED) is 0.442. The number of carbonyl (C=O) groups is 3. The molecule has 1 heterocycles. The first-order valence-electron chi connectivity index (χ1n) is 12.3. The fraction of sp³-hybridized carbons (Fsp3) is 0.444. The summed E-state index contributed by atoms with van der Waals surface area (Å²) in [7, 11) is 1.77. The Kier molecular flexibility index (Phi) is 11.4. The van der Waals surface area contributed by atoms with Crippen molar-refractivity contribution in [3.05, 3.63) is 64.2 Å². The van der Waals surface area contributed by atoms with Gasteiger partial charge in [0, 0.05) is 50.9 Å². The van der Waals surface area contributed by atoms with Crippen LogP contribution in [0, 0.1) is 6.92 Å². The number of nitrogens with zero attached hydrogens (tertiary/aromatic N) is 3. The SMILES string of the molecule is CCNCCN(CC(=O)N(C)N1Cc2ccccc2C1)C(=O)CNc1cc2c(cc1C)CCC2=O.Cl.Cl. The first-order valence-corrected chi connectivity index (χ1v) is 12.3. The van der Waals surface area contributed by atoms with E-state index in [-0.39, 0.29) is 55.5 Å². The third-order valence-corrected chi connectivity index (χ3v) is 6.90. The maximum Gasteiger partial charge on any atom is 0.256 e. The topological polar surface area (TPSA) is 85.0 Å². The Labute approximate surface area is 231 Å². The molecule has 2 aromatic carbocycles. The van der Waals surface area contributed by atoms with Crippen molar-refractivity contribution in [2.24, 2.45) is 0 Å². The Morgan fingerprint density at radius 3 is 2.32 bits per heavy atom. The highest BCUT2D eigenvalue weighted by molar-refractivity contribution is 6.01. The molecule has 0 atom stereocenters. The number of likely N-dealkylation sites (N-methyl/N-ethyl adjacent to an activating group) is 2. The number of rotatable bonds is 10. The molecule has 0 bridgehead atoms. The fourth-order valence-corrected chi connectivity index (χ4v) is 4.72. The standard InChI is InChI=1S/C27H35N5O3.2ClH/c1-4-28-11-12-31(18-27(35)30(3)32-16-21-7-5-6-8-22(21)17-32)26(34)15-29-24-14-23-20(13-19(24)2)9-10-25(23)33;;/h5-8,13-14,28-29H,4,9-12,15-18H2,1-3H3;2*1H. The van der Waals surface area contributed by atoms with E-state index in [1.165, 1.54) is 11.1 Å². The molecule has 1 aliphatic heterocycles. The monoisotopic (exact) mass is 549 g/mol. The number of hydrogen-bond acceptors (Lipinski definition) is 6. The number of carbonyl (C=O) groups excluding carboxylic acids is 3. The van der Waals surface area contributed by atoms with E-state index in [4.69, 9.17) is 0 Å². The zero-order valence-corrected chi connectivity index (χ0v) is 23.3. The summed E-state index contributed by atoms with van der Waals surface area (Å²) in [6.07, 6.45) is 1.33. The minimum absolute atomic E-state index is 0. The van der Waals surface area contributed by atoms with Crippen molar-refractivity contribution in [2.75, 3.05) is 45.1 Å². The predicted octanol–water partition coefficient (Wildman–Crippen LogP) is 3.21. The molecule has 0 saturated carbocycles. The minimum atomic E-state index is -0.152. The number of hydrazine groups is 1. The summed E-state index contributed by atoms with van der Waals surface area (Å²) in [5, 5.41) is 10.1. The molecule has 0 fully saturated rings. The van der Waals surface area contributed by atoms with Gasteiger partial charge in [-0.25, -0.2) is 5.01 Å². The minimum Gasteiger partial charge on any atom is -0.376 e. The average molecular weight is 551 g/mol. The van der Waals surface area contributed by atoms with Crippen molar-refractivity contribution in [3.8, 4) is 0 Å². The largest absolute Gasteiger partial charge is 0.376 e. The van der Waals surface area contributed by atoms with E-state index in [0.29, 0.717) is 32.6 Å². The van der Waals surface area contributed by atoms with Gasteiger partial charge in [-0.05, 0) is 48.2 Å². The van der Waals surface area contributed by atoms with Crippen LogP contribution in [-0.2, 0) is 29.1 Å². The third-order valence-electron chi connectivity index (χ3n) is 6.90. The molecule has 4 rings (SSSR count). The Morgan fingerprint density at radius 2 is 1.68 bits per heavy atom. The molecular formula is C27H37Cl2N5O3. The number of nitrogens with one attached hydrogen (secondary N) is 2. The molecule has 0 saturated heterocycles. The first-order chi connectivity index (χ1) is 16.9. The second-order valence-corrected chi connectivity index (χ2v) is 9.28. The van der Waals surface area contributed by atoms with Gasteiger partial charge in [-0.3, -0.25) is 19.4 Å². The number of benzene rings is 2. The van der Waals surface area contributed by atoms with Crippen molar-refractivity contribution in [1.29, 1.82) is 0 Å². The van der Waals surface area contributed by atoms with E-state index in [1.807, 2.05) is 43.1 Å². The molecule has 2 N–H and O–H groups in total. The van der Waals surface area contributed by atoms with E-state index in [9.17, 15) is 14.4 Å². The molecule has 37 heavy (non-hydrogen) atoms. The summed E-state index contributed by atoms with van der Waals surface area (Å²) in [4.78, 5) is 40.0. The van der Waals surface area contributed by atoms with Gasteiger partial charge >= 0.3 is 0 Å². The molecule has 2 aliphatic rings. The van der Waals surface area contributed by atoms with E-state index in [2.05, 4.69) is 22.8 Å². The van der Waals surface area contributed by atoms with Gasteiger partial charge in [0.25, 0.3) is 5.91 Å². The number of amides is 2. The summed E-state index contributed by atoms with van der Waals surface area (Å²) in [5.41, 5.74) is 6.07. The lowest BCUT2D eigenvalue weighted by Crippen LogP contribution is -2.49. The molecule has 202 valence electrons. The number of Topliss-reactive ketones (excluding diaryl/α,β-unsaturated/α-hetero) is 1. The van der Waals surface area contributed by atoms with Gasteiger partial charge in [-0.2, -0.15) is 0 Å². The fourth-order valence-electron chi connectivity index (χ4n) is 4.72. The third kappa shape index (κ3) is 7.23. The number of hydrogen-bond donors (Lipinski definition) is 2. The van der Waals surface area contributed by atoms with Crippen LogP contribution < -0.4 is 10.6 Å². The maximum absolute atomic E-state index is 13.2. The smallest absolute Gasteiger partial charge is 0.256 e. The van der Waals surface area contributed by atoms with Gasteiger partial charge in [0.05, 0.1) is 6.54 Å². The van der Waals surface area contributed by atoms with E-state index < -0.39 is 0 Å². The van der Waals surface area contributed by atoms with Crippen LogP contribution in [0.1, 0.15) is 46.0 Å². The van der Waals surface area contributed by atoms with Gasteiger partial charge in [0.15, 0.2) is 5.78 Å². The Hall–Kier alpha value is -2.65. The van der Waals surface area contributed by atoms with E-state index in [0.717, 1.165) is 35.3 Å². The summed E-state index contributed by atoms with van der Waals surface area (Å²) in [6.45, 7) is 7.27. The van der Waals surface area contributed by atoms with Gasteiger partial charge in [-0.1, -0.05) is 37.3 Å². The van der Waals surface area contributed by atoms with Crippen LogP contribution in [0.4, 0.5) is 5.69 Å². The summed E-state index contributed by atoms with van der Waals surface area (Å²) >= 11 is 0. The number of halogens is 2. The van der Waals surface area contributed by atoms with Crippen LogP contribution in [0.5, 0.6) is 0 Å². The molecule has 1 aliphatic carbocycles. The van der Waals surface area contributed by atoms with Crippen molar-refractivity contribution < 1.29 is 14.4 Å². The number of fused-ring (bicyclic) bond motifs is 2. The molecular weight excluding hydrogens is 513 g/mol. The number of aryl methyl sites for hydroxylation is 2. The predicted molar refractivity (Wildman–Crippen MR) is 150 cm³/mol. The lowest BCUT2D eigenvalue weighted by molar-refractivity contribution is -0.151. The lowest BCUT2D eigenvalue weighted by Gasteiger charge is -2.31. The highest BCUT2D eigenvalue weighted by Gasteiger charge is 2.27. The van der Waals surface area contributed by atoms with Crippen LogP contribution in [0.2, 0.25) is 0 Å². The van der Waals surface area contributed by atoms with E-state index in [1.54, 1.807) is 17.0 Å². The Bertz CT molecular complexity index is 1100. The highest BCUT2D eigenvalue weighted by atomic mass is 35.5.